The molecule has 0 aliphatic carbocycles. The van der Waals surface area contributed by atoms with Crippen LogP contribution in [0.1, 0.15) is 30.9 Å². The molecule has 0 aromatic heterocycles. The van der Waals surface area contributed by atoms with Crippen molar-refractivity contribution in [3.05, 3.63) is 35.4 Å². The minimum Gasteiger partial charge on any atom is -0.352 e. The van der Waals surface area contributed by atoms with E-state index in [9.17, 15) is 0 Å². The lowest BCUT2D eigenvalue weighted by atomic mass is 10.0. The van der Waals surface area contributed by atoms with Gasteiger partial charge in [0, 0.05) is 20.1 Å². The molecule has 0 saturated heterocycles. The Bertz CT molecular complexity index is 398. The van der Waals surface area contributed by atoms with Crippen LogP contribution in [0.4, 0.5) is 0 Å². The zero-order chi connectivity index (χ0) is 12.3. The Hall–Kier alpha value is -0.780. The summed E-state index contributed by atoms with van der Waals surface area (Å²) in [6, 6.07) is 8.80. The number of benzene rings is 1. The molecule has 1 aliphatic rings. The largest absolute Gasteiger partial charge is 0.352 e. The Labute approximate surface area is 127 Å². The average Bonchev–Trinajstić information content (AvgIpc) is 2.73. The van der Waals surface area contributed by atoms with Crippen molar-refractivity contribution in [1.82, 2.24) is 10.2 Å². The molecule has 0 atom stereocenters. The molecule has 18 heavy (non-hydrogen) atoms. The maximum Gasteiger partial charge on any atom is 0.194 e. The zero-order valence-corrected chi connectivity index (χ0v) is 13.6. The molecule has 0 amide bonds. The molecule has 0 saturated carbocycles. The Morgan fingerprint density at radius 1 is 1.28 bits per heavy atom. The maximum atomic E-state index is 4.41. The molecule has 0 fully saturated rings. The van der Waals surface area contributed by atoms with Crippen LogP contribution in [0.3, 0.4) is 0 Å². The number of nitrogens with one attached hydrogen (secondary N) is 1. The van der Waals surface area contributed by atoms with Crippen LogP contribution in [0.25, 0.3) is 0 Å². The van der Waals surface area contributed by atoms with Gasteiger partial charge in [-0.1, -0.05) is 38.1 Å². The molecule has 0 bridgehead atoms. The molecule has 4 heteroatoms. The maximum absolute atomic E-state index is 4.41. The SMILES string of the molecule is CC(C)c1ccc(CNC2=NCCN2C)cc1.I. The summed E-state index contributed by atoms with van der Waals surface area (Å²) in [5, 5.41) is 3.37. The van der Waals surface area contributed by atoms with Crippen molar-refractivity contribution in [2.75, 3.05) is 20.1 Å². The monoisotopic (exact) mass is 359 g/mol. The number of hydrogen-bond donors (Lipinski definition) is 1. The Balaban J connectivity index is 0.00000162. The lowest BCUT2D eigenvalue weighted by molar-refractivity contribution is 0.534. The van der Waals surface area contributed by atoms with E-state index in [0.29, 0.717) is 5.92 Å². The fraction of sp³-hybridized carbons (Fsp3) is 0.500. The van der Waals surface area contributed by atoms with Crippen molar-refractivity contribution in [1.29, 1.82) is 0 Å². The topological polar surface area (TPSA) is 27.6 Å². The van der Waals surface area contributed by atoms with E-state index < -0.39 is 0 Å². The molecular formula is C14H22IN3. The Morgan fingerprint density at radius 2 is 1.94 bits per heavy atom. The lowest BCUT2D eigenvalue weighted by Gasteiger charge is -2.15. The molecule has 1 N–H and O–H groups in total. The lowest BCUT2D eigenvalue weighted by Crippen LogP contribution is -2.35. The standard InChI is InChI=1S/C14H21N3.HI/c1-11(2)13-6-4-12(5-7-13)10-16-14-15-8-9-17(14)3;/h4-7,11H,8-10H2,1-3H3,(H,15,16);1H. The minimum atomic E-state index is 0. The van der Waals surface area contributed by atoms with Crippen LogP contribution >= 0.6 is 24.0 Å². The zero-order valence-electron chi connectivity index (χ0n) is 11.3. The second-order valence-corrected chi connectivity index (χ2v) is 4.88. The van der Waals surface area contributed by atoms with E-state index >= 15 is 0 Å². The molecule has 2 rings (SSSR count). The third kappa shape index (κ3) is 3.86. The van der Waals surface area contributed by atoms with Gasteiger partial charge in [-0.15, -0.1) is 24.0 Å². The third-order valence-corrected chi connectivity index (χ3v) is 3.16. The van der Waals surface area contributed by atoms with Crippen molar-refractivity contribution < 1.29 is 0 Å². The van der Waals surface area contributed by atoms with E-state index in [1.807, 2.05) is 0 Å². The van der Waals surface area contributed by atoms with Gasteiger partial charge in [0.2, 0.25) is 0 Å². The third-order valence-electron chi connectivity index (χ3n) is 3.16. The molecule has 1 aromatic rings. The Morgan fingerprint density at radius 3 is 2.44 bits per heavy atom. The molecule has 1 aliphatic heterocycles. The Kier molecular flexibility index (Phi) is 5.91. The number of halogens is 1. The van der Waals surface area contributed by atoms with Crippen molar-refractivity contribution in [3.8, 4) is 0 Å². The van der Waals surface area contributed by atoms with E-state index in [1.54, 1.807) is 0 Å². The van der Waals surface area contributed by atoms with Crippen molar-refractivity contribution in [2.24, 2.45) is 4.99 Å². The molecule has 1 aromatic carbocycles. The number of likely N-dealkylation sites (N-methyl/N-ethyl adjacent to an activating group) is 1. The molecule has 100 valence electrons. The van der Waals surface area contributed by atoms with E-state index in [-0.39, 0.29) is 24.0 Å². The highest BCUT2D eigenvalue weighted by atomic mass is 127. The fourth-order valence-electron chi connectivity index (χ4n) is 1.92. The first kappa shape index (κ1) is 15.3. The quantitative estimate of drug-likeness (QED) is 0.841. The minimum absolute atomic E-state index is 0. The first-order chi connectivity index (χ1) is 8.16. The van der Waals surface area contributed by atoms with Gasteiger partial charge in [-0.25, -0.2) is 0 Å². The smallest absolute Gasteiger partial charge is 0.194 e. The summed E-state index contributed by atoms with van der Waals surface area (Å²) in [6.45, 7) is 7.21. The van der Waals surface area contributed by atoms with Crippen LogP contribution in [0, 0.1) is 0 Å². The van der Waals surface area contributed by atoms with Gasteiger partial charge in [-0.05, 0) is 17.0 Å². The van der Waals surface area contributed by atoms with E-state index in [2.05, 4.69) is 60.4 Å². The number of hydrogen-bond acceptors (Lipinski definition) is 3. The molecule has 0 unspecified atom stereocenters. The number of nitrogens with zero attached hydrogens (tertiary/aromatic N) is 2. The highest BCUT2D eigenvalue weighted by Crippen LogP contribution is 2.14. The van der Waals surface area contributed by atoms with Crippen LogP contribution in [-0.4, -0.2) is 31.0 Å². The number of aliphatic imine (C=N–C) groups is 1. The first-order valence-electron chi connectivity index (χ1n) is 6.25. The number of guanidine groups is 1. The average molecular weight is 359 g/mol. The van der Waals surface area contributed by atoms with Crippen LogP contribution in [0.2, 0.25) is 0 Å². The van der Waals surface area contributed by atoms with Crippen LogP contribution in [0.5, 0.6) is 0 Å². The summed E-state index contributed by atoms with van der Waals surface area (Å²) < 4.78 is 0. The van der Waals surface area contributed by atoms with Gasteiger partial charge in [0.1, 0.15) is 0 Å². The second-order valence-electron chi connectivity index (χ2n) is 4.88. The van der Waals surface area contributed by atoms with Crippen LogP contribution < -0.4 is 5.32 Å². The second kappa shape index (κ2) is 6.97. The predicted molar refractivity (Wildman–Crippen MR) is 87.7 cm³/mol. The number of rotatable bonds is 3. The highest BCUT2D eigenvalue weighted by molar-refractivity contribution is 14.0. The summed E-state index contributed by atoms with van der Waals surface area (Å²) in [5.74, 6) is 1.61. The molecule has 0 radical (unpaired) electrons. The van der Waals surface area contributed by atoms with Crippen molar-refractivity contribution in [2.45, 2.75) is 26.3 Å². The predicted octanol–water partition coefficient (Wildman–Crippen LogP) is 2.82. The summed E-state index contributed by atoms with van der Waals surface area (Å²) >= 11 is 0. The molecule has 1 heterocycles. The van der Waals surface area contributed by atoms with Crippen LogP contribution in [0.15, 0.2) is 29.3 Å². The summed E-state index contributed by atoms with van der Waals surface area (Å²) in [7, 11) is 2.07. The molecule has 3 nitrogen and oxygen atoms in total. The molecule has 0 spiro atoms. The van der Waals surface area contributed by atoms with E-state index in [1.165, 1.54) is 11.1 Å². The van der Waals surface area contributed by atoms with Crippen molar-refractivity contribution in [3.63, 3.8) is 0 Å². The van der Waals surface area contributed by atoms with Gasteiger partial charge in [0.25, 0.3) is 0 Å². The first-order valence-corrected chi connectivity index (χ1v) is 6.25. The van der Waals surface area contributed by atoms with Gasteiger partial charge in [0.15, 0.2) is 5.96 Å². The highest BCUT2D eigenvalue weighted by Gasteiger charge is 2.11. The van der Waals surface area contributed by atoms with Gasteiger partial charge < -0.3 is 10.2 Å². The fourth-order valence-corrected chi connectivity index (χ4v) is 1.92. The summed E-state index contributed by atoms with van der Waals surface area (Å²) in [4.78, 5) is 6.56. The van der Waals surface area contributed by atoms with Gasteiger partial charge >= 0.3 is 0 Å². The van der Waals surface area contributed by atoms with E-state index in [4.69, 9.17) is 0 Å². The normalized spacial score (nSPS) is 14.4. The molecular weight excluding hydrogens is 337 g/mol. The summed E-state index contributed by atoms with van der Waals surface area (Å²) in [6.07, 6.45) is 0. The van der Waals surface area contributed by atoms with Gasteiger partial charge in [-0.3, -0.25) is 4.99 Å². The summed E-state index contributed by atoms with van der Waals surface area (Å²) in [5.41, 5.74) is 2.70. The van der Waals surface area contributed by atoms with Crippen molar-refractivity contribution >= 4 is 29.9 Å². The van der Waals surface area contributed by atoms with Crippen LogP contribution in [-0.2, 0) is 6.54 Å². The van der Waals surface area contributed by atoms with E-state index in [0.717, 1.165) is 25.6 Å². The van der Waals surface area contributed by atoms with Gasteiger partial charge in [0.05, 0.1) is 6.54 Å². The van der Waals surface area contributed by atoms with Gasteiger partial charge in [-0.2, -0.15) is 0 Å².